The molecule has 0 aliphatic heterocycles. The van der Waals surface area contributed by atoms with Gasteiger partial charge in [-0.3, -0.25) is 14.4 Å². The first-order valence-corrected chi connectivity index (χ1v) is 11.7. The second-order valence-corrected chi connectivity index (χ2v) is 8.21. The van der Waals surface area contributed by atoms with Gasteiger partial charge in [-0.05, 0) is 24.6 Å². The lowest BCUT2D eigenvalue weighted by Gasteiger charge is -2.13. The van der Waals surface area contributed by atoms with Crippen molar-refractivity contribution in [3.63, 3.8) is 0 Å². The fourth-order valence-corrected chi connectivity index (χ4v) is 3.86. The maximum absolute atomic E-state index is 12.2. The van der Waals surface area contributed by atoms with E-state index in [0.717, 1.165) is 19.3 Å². The quantitative estimate of drug-likeness (QED) is 0.177. The number of hydrogen-bond donors (Lipinski definition) is 0. The van der Waals surface area contributed by atoms with Gasteiger partial charge in [0.15, 0.2) is 11.6 Å². The molecule has 0 spiro atoms. The third-order valence-electron chi connectivity index (χ3n) is 5.63. The van der Waals surface area contributed by atoms with E-state index < -0.39 is 0 Å². The number of carbonyl (C=O) groups excluding carboxylic acids is 3. The maximum atomic E-state index is 12.2. The van der Waals surface area contributed by atoms with Crippen LogP contribution in [0.3, 0.4) is 0 Å². The summed E-state index contributed by atoms with van der Waals surface area (Å²) in [5.41, 5.74) is 0.498. The van der Waals surface area contributed by atoms with Crippen molar-refractivity contribution in [3.05, 3.63) is 41.5 Å². The number of esters is 1. The molecule has 4 heteroatoms. The van der Waals surface area contributed by atoms with E-state index in [9.17, 15) is 14.4 Å². The van der Waals surface area contributed by atoms with Crippen LogP contribution in [0.25, 0.3) is 0 Å². The average molecular weight is 413 g/mol. The van der Waals surface area contributed by atoms with Gasteiger partial charge in [0, 0.05) is 12.0 Å². The van der Waals surface area contributed by atoms with Gasteiger partial charge in [0.05, 0.1) is 5.56 Å². The molecular weight excluding hydrogens is 376 g/mol. The van der Waals surface area contributed by atoms with Gasteiger partial charge in [-0.1, -0.05) is 96.1 Å². The van der Waals surface area contributed by atoms with Crippen LogP contribution >= 0.6 is 0 Å². The minimum atomic E-state index is -0.346. The molecule has 30 heavy (non-hydrogen) atoms. The summed E-state index contributed by atoms with van der Waals surface area (Å²) >= 11 is 0. The van der Waals surface area contributed by atoms with Crippen molar-refractivity contribution in [2.24, 2.45) is 0 Å². The van der Waals surface area contributed by atoms with Crippen LogP contribution in [0.2, 0.25) is 0 Å². The van der Waals surface area contributed by atoms with Gasteiger partial charge >= 0.3 is 5.97 Å². The zero-order valence-electron chi connectivity index (χ0n) is 18.4. The standard InChI is InChI=1S/C26H36O4/c1-2-3-4-5-6-7-8-9-10-11-12-13-14-18-25(29)30-24-17-15-16-21-22(27)19-20-23(28)26(21)24/h15-17,19-20H,2-14,18H2,1H3. The molecule has 0 heterocycles. The van der Waals surface area contributed by atoms with E-state index in [1.807, 2.05) is 0 Å². The summed E-state index contributed by atoms with van der Waals surface area (Å²) < 4.78 is 5.39. The van der Waals surface area contributed by atoms with E-state index in [2.05, 4.69) is 6.92 Å². The molecule has 0 bridgehead atoms. The average Bonchev–Trinajstić information content (AvgIpc) is 2.74. The van der Waals surface area contributed by atoms with E-state index in [4.69, 9.17) is 4.74 Å². The Morgan fingerprint density at radius 2 is 1.27 bits per heavy atom. The summed E-state index contributed by atoms with van der Waals surface area (Å²) in [6, 6.07) is 4.80. The fraction of sp³-hybridized carbons (Fsp3) is 0.577. The number of unbranched alkanes of at least 4 members (excludes halogenated alkanes) is 12. The first kappa shape index (κ1) is 24.0. The number of ketones is 2. The van der Waals surface area contributed by atoms with Crippen LogP contribution < -0.4 is 4.74 Å². The van der Waals surface area contributed by atoms with Crippen LogP contribution in [0.1, 0.15) is 118 Å². The lowest BCUT2D eigenvalue weighted by Crippen LogP contribution is -2.16. The van der Waals surface area contributed by atoms with Crippen LogP contribution in [0, 0.1) is 0 Å². The first-order chi connectivity index (χ1) is 14.6. The second-order valence-electron chi connectivity index (χ2n) is 8.21. The van der Waals surface area contributed by atoms with Gasteiger partial charge in [-0.2, -0.15) is 0 Å². The molecule has 0 amide bonds. The molecule has 1 aliphatic carbocycles. The Bertz CT molecular complexity index is 733. The van der Waals surface area contributed by atoms with Crippen molar-refractivity contribution in [2.75, 3.05) is 0 Å². The van der Waals surface area contributed by atoms with Crippen molar-refractivity contribution >= 4 is 17.5 Å². The van der Waals surface area contributed by atoms with Gasteiger partial charge in [-0.25, -0.2) is 0 Å². The maximum Gasteiger partial charge on any atom is 0.311 e. The highest BCUT2D eigenvalue weighted by atomic mass is 16.5. The smallest absolute Gasteiger partial charge is 0.311 e. The second kappa shape index (κ2) is 13.9. The SMILES string of the molecule is CCCCCCCCCCCCCCCC(=O)Oc1cccc2c1C(=O)C=CC2=O. The van der Waals surface area contributed by atoms with Gasteiger partial charge in [-0.15, -0.1) is 0 Å². The van der Waals surface area contributed by atoms with E-state index in [1.54, 1.807) is 18.2 Å². The summed E-state index contributed by atoms with van der Waals surface area (Å²) in [4.78, 5) is 36.1. The van der Waals surface area contributed by atoms with Crippen LogP contribution in [-0.4, -0.2) is 17.5 Å². The Morgan fingerprint density at radius 1 is 0.733 bits per heavy atom. The number of rotatable bonds is 15. The molecule has 0 aromatic heterocycles. The Kier molecular flexibility index (Phi) is 11.1. The molecule has 0 unspecified atom stereocenters. The number of benzene rings is 1. The van der Waals surface area contributed by atoms with E-state index >= 15 is 0 Å². The first-order valence-electron chi connectivity index (χ1n) is 11.7. The Morgan fingerprint density at radius 3 is 1.87 bits per heavy atom. The Balaban J connectivity index is 1.54. The van der Waals surface area contributed by atoms with Crippen LogP contribution in [0.4, 0.5) is 0 Å². The molecule has 4 nitrogen and oxygen atoms in total. The van der Waals surface area contributed by atoms with Gasteiger partial charge < -0.3 is 4.74 Å². The highest BCUT2D eigenvalue weighted by molar-refractivity contribution is 6.23. The summed E-state index contributed by atoms with van der Waals surface area (Å²) in [7, 11) is 0. The van der Waals surface area contributed by atoms with Gasteiger partial charge in [0.1, 0.15) is 5.75 Å². The molecule has 1 aliphatic rings. The molecule has 0 atom stereocenters. The minimum absolute atomic E-state index is 0.190. The molecular formula is C26H36O4. The minimum Gasteiger partial charge on any atom is -0.426 e. The molecule has 0 radical (unpaired) electrons. The van der Waals surface area contributed by atoms with E-state index in [1.165, 1.54) is 76.4 Å². The third-order valence-corrected chi connectivity index (χ3v) is 5.63. The van der Waals surface area contributed by atoms with Crippen molar-refractivity contribution < 1.29 is 19.1 Å². The van der Waals surface area contributed by atoms with Gasteiger partial charge in [0.2, 0.25) is 0 Å². The topological polar surface area (TPSA) is 60.4 Å². The highest BCUT2D eigenvalue weighted by Gasteiger charge is 2.24. The number of carbonyl (C=O) groups is 3. The number of fused-ring (bicyclic) bond motifs is 1. The molecule has 0 fully saturated rings. The summed E-state index contributed by atoms with van der Waals surface area (Å²) in [6.07, 6.45) is 19.1. The van der Waals surface area contributed by atoms with Crippen molar-refractivity contribution in [3.8, 4) is 5.75 Å². The largest absolute Gasteiger partial charge is 0.426 e. The van der Waals surface area contributed by atoms with E-state index in [-0.39, 0.29) is 28.8 Å². The van der Waals surface area contributed by atoms with Crippen molar-refractivity contribution in [1.29, 1.82) is 0 Å². The summed E-state index contributed by atoms with van der Waals surface area (Å²) in [5.74, 6) is -0.691. The van der Waals surface area contributed by atoms with Crippen molar-refractivity contribution in [2.45, 2.75) is 96.8 Å². The van der Waals surface area contributed by atoms with E-state index in [0.29, 0.717) is 12.0 Å². The molecule has 164 valence electrons. The number of allylic oxidation sites excluding steroid dienone is 2. The highest BCUT2D eigenvalue weighted by Crippen LogP contribution is 2.27. The lowest BCUT2D eigenvalue weighted by atomic mass is 9.94. The van der Waals surface area contributed by atoms with Crippen LogP contribution in [-0.2, 0) is 4.79 Å². The Hall–Kier alpha value is -2.23. The predicted molar refractivity (Wildman–Crippen MR) is 120 cm³/mol. The normalized spacial score (nSPS) is 12.8. The Labute approximate surface area is 181 Å². The molecule has 0 saturated carbocycles. The van der Waals surface area contributed by atoms with Crippen LogP contribution in [0.15, 0.2) is 30.4 Å². The molecule has 0 N–H and O–H groups in total. The molecule has 1 aromatic rings. The monoisotopic (exact) mass is 412 g/mol. The summed E-state index contributed by atoms with van der Waals surface area (Å²) in [5, 5.41) is 0. The zero-order chi connectivity index (χ0) is 21.6. The molecule has 0 saturated heterocycles. The molecule has 1 aromatic carbocycles. The van der Waals surface area contributed by atoms with Crippen LogP contribution in [0.5, 0.6) is 5.75 Å². The number of ether oxygens (including phenoxy) is 1. The fourth-order valence-electron chi connectivity index (χ4n) is 3.86. The number of hydrogen-bond acceptors (Lipinski definition) is 4. The zero-order valence-corrected chi connectivity index (χ0v) is 18.4. The predicted octanol–water partition coefficient (Wildman–Crippen LogP) is 7.01. The summed E-state index contributed by atoms with van der Waals surface area (Å²) in [6.45, 7) is 2.25. The van der Waals surface area contributed by atoms with Crippen molar-refractivity contribution in [1.82, 2.24) is 0 Å². The molecule has 2 rings (SSSR count). The lowest BCUT2D eigenvalue weighted by molar-refractivity contribution is -0.134. The third kappa shape index (κ3) is 8.25. The van der Waals surface area contributed by atoms with Gasteiger partial charge in [0.25, 0.3) is 0 Å².